The lowest BCUT2D eigenvalue weighted by Crippen LogP contribution is -2.40. The third kappa shape index (κ3) is 6.60. The first-order valence-corrected chi connectivity index (χ1v) is 14.9. The van der Waals surface area contributed by atoms with E-state index in [9.17, 15) is 14.4 Å². The van der Waals surface area contributed by atoms with Gasteiger partial charge in [0, 0.05) is 0 Å². The van der Waals surface area contributed by atoms with Gasteiger partial charge in [0.25, 0.3) is 5.56 Å². The SMILES string of the molecule is CCOC(=O)C1=C(C)N=c2s/c(=C\c3ccc(OCC)c(Br)c3)c(=O)n2[C@@H]1c1ccc(OCC(=O)OC)c(OCC)c1. The molecule has 1 aliphatic heterocycles. The molecule has 42 heavy (non-hydrogen) atoms. The third-order valence-electron chi connectivity index (χ3n) is 6.23. The Labute approximate surface area is 255 Å². The summed E-state index contributed by atoms with van der Waals surface area (Å²) >= 11 is 4.75. The standard InChI is InChI=1S/C30H31BrN2O8S/c1-6-38-21-11-9-18(13-20(21)31)14-24-28(35)33-27(26(29(36)40-8-3)17(4)32-30(33)42-24)19-10-12-22(23(15-19)39-7-2)41-16-25(34)37-5/h9-15,27H,6-8,16H2,1-5H3/b24-14-/t27-/m1/s1. The summed E-state index contributed by atoms with van der Waals surface area (Å²) in [5.41, 5.74) is 1.74. The number of carbonyl (C=O) groups is 2. The second kappa shape index (κ2) is 13.8. The Bertz CT molecular complexity index is 1710. The maximum atomic E-state index is 13.9. The minimum absolute atomic E-state index is 0.157. The predicted molar refractivity (Wildman–Crippen MR) is 161 cm³/mol. The molecule has 1 aliphatic rings. The lowest BCUT2D eigenvalue weighted by Gasteiger charge is -2.25. The van der Waals surface area contributed by atoms with E-state index in [2.05, 4.69) is 25.7 Å². The molecule has 0 spiro atoms. The van der Waals surface area contributed by atoms with E-state index in [1.54, 1.807) is 38.1 Å². The molecule has 0 N–H and O–H groups in total. The fourth-order valence-corrected chi connectivity index (χ4v) is 5.97. The molecule has 222 valence electrons. The number of aromatic nitrogens is 1. The fraction of sp³-hybridized carbons (Fsp3) is 0.333. The van der Waals surface area contributed by atoms with Crippen LogP contribution in [0.4, 0.5) is 0 Å². The molecule has 1 atom stereocenters. The van der Waals surface area contributed by atoms with Gasteiger partial charge in [-0.25, -0.2) is 14.6 Å². The summed E-state index contributed by atoms with van der Waals surface area (Å²) in [4.78, 5) is 43.9. The minimum Gasteiger partial charge on any atom is -0.493 e. The van der Waals surface area contributed by atoms with Gasteiger partial charge in [0.2, 0.25) is 0 Å². The lowest BCUT2D eigenvalue weighted by atomic mass is 9.95. The van der Waals surface area contributed by atoms with Crippen molar-refractivity contribution in [3.63, 3.8) is 0 Å². The van der Waals surface area contributed by atoms with Gasteiger partial charge in [0.1, 0.15) is 5.75 Å². The van der Waals surface area contributed by atoms with Crippen LogP contribution in [0.15, 0.2) is 61.9 Å². The summed E-state index contributed by atoms with van der Waals surface area (Å²) in [6.07, 6.45) is 1.78. The van der Waals surface area contributed by atoms with Crippen molar-refractivity contribution in [2.45, 2.75) is 33.7 Å². The van der Waals surface area contributed by atoms with Crippen LogP contribution < -0.4 is 29.1 Å². The van der Waals surface area contributed by atoms with Crippen molar-refractivity contribution in [3.05, 3.63) is 83.0 Å². The van der Waals surface area contributed by atoms with Crippen LogP contribution in [0, 0.1) is 0 Å². The van der Waals surface area contributed by atoms with Crippen LogP contribution >= 0.6 is 27.3 Å². The van der Waals surface area contributed by atoms with Gasteiger partial charge in [-0.1, -0.05) is 23.5 Å². The first-order chi connectivity index (χ1) is 20.2. The van der Waals surface area contributed by atoms with E-state index in [1.807, 2.05) is 32.0 Å². The van der Waals surface area contributed by atoms with Gasteiger partial charge in [-0.15, -0.1) is 0 Å². The molecular weight excluding hydrogens is 628 g/mol. The Kier molecular flexibility index (Phi) is 10.2. The monoisotopic (exact) mass is 658 g/mol. The summed E-state index contributed by atoms with van der Waals surface area (Å²) in [6.45, 7) is 7.85. The number of methoxy groups -OCH3 is 1. The van der Waals surface area contributed by atoms with E-state index < -0.39 is 18.0 Å². The highest BCUT2D eigenvalue weighted by atomic mass is 79.9. The first-order valence-electron chi connectivity index (χ1n) is 13.3. The predicted octanol–water partition coefficient (Wildman–Crippen LogP) is 3.91. The van der Waals surface area contributed by atoms with Crippen molar-refractivity contribution >= 4 is 45.3 Å². The topological polar surface area (TPSA) is 115 Å². The molecule has 4 rings (SSSR count). The van der Waals surface area contributed by atoms with E-state index in [4.69, 9.17) is 18.9 Å². The Morgan fingerprint density at radius 3 is 2.38 bits per heavy atom. The molecule has 0 amide bonds. The molecule has 0 unspecified atom stereocenters. The number of rotatable bonds is 11. The van der Waals surface area contributed by atoms with Crippen molar-refractivity contribution in [2.24, 2.45) is 4.99 Å². The third-order valence-corrected chi connectivity index (χ3v) is 7.83. The highest BCUT2D eigenvalue weighted by molar-refractivity contribution is 9.10. The molecule has 2 aromatic carbocycles. The van der Waals surface area contributed by atoms with Gasteiger partial charge in [0.05, 0.1) is 53.2 Å². The zero-order valence-corrected chi connectivity index (χ0v) is 26.3. The molecule has 10 nitrogen and oxygen atoms in total. The van der Waals surface area contributed by atoms with Gasteiger partial charge in [0.15, 0.2) is 22.9 Å². The summed E-state index contributed by atoms with van der Waals surface area (Å²) in [5.74, 6) is 0.250. The highest BCUT2D eigenvalue weighted by Crippen LogP contribution is 2.36. The zero-order chi connectivity index (χ0) is 30.4. The lowest BCUT2D eigenvalue weighted by molar-refractivity contribution is -0.143. The maximum absolute atomic E-state index is 13.9. The van der Waals surface area contributed by atoms with Crippen LogP contribution in [0.25, 0.3) is 6.08 Å². The molecule has 0 radical (unpaired) electrons. The Morgan fingerprint density at radius 2 is 1.71 bits per heavy atom. The zero-order valence-electron chi connectivity index (χ0n) is 23.9. The van der Waals surface area contributed by atoms with E-state index in [0.29, 0.717) is 51.1 Å². The average molecular weight is 660 g/mol. The van der Waals surface area contributed by atoms with E-state index in [0.717, 1.165) is 10.0 Å². The van der Waals surface area contributed by atoms with E-state index in [-0.39, 0.29) is 24.3 Å². The maximum Gasteiger partial charge on any atom is 0.343 e. The van der Waals surface area contributed by atoms with Crippen molar-refractivity contribution in [1.82, 2.24) is 4.57 Å². The summed E-state index contributed by atoms with van der Waals surface area (Å²) in [6, 6.07) is 9.77. The Balaban J connectivity index is 1.87. The fourth-order valence-electron chi connectivity index (χ4n) is 4.42. The van der Waals surface area contributed by atoms with Gasteiger partial charge < -0.3 is 23.7 Å². The van der Waals surface area contributed by atoms with Crippen LogP contribution in [0.2, 0.25) is 0 Å². The number of hydrogen-bond acceptors (Lipinski definition) is 10. The molecule has 0 saturated heterocycles. The van der Waals surface area contributed by atoms with Crippen molar-refractivity contribution in [1.29, 1.82) is 0 Å². The van der Waals surface area contributed by atoms with Crippen molar-refractivity contribution < 1.29 is 33.3 Å². The van der Waals surface area contributed by atoms with Gasteiger partial charge in [-0.2, -0.15) is 0 Å². The number of nitrogens with zero attached hydrogens (tertiary/aromatic N) is 2. The molecule has 3 aromatic rings. The van der Waals surface area contributed by atoms with E-state index >= 15 is 0 Å². The highest BCUT2D eigenvalue weighted by Gasteiger charge is 2.34. The van der Waals surface area contributed by atoms with Crippen LogP contribution in [-0.4, -0.2) is 50.0 Å². The Hall–Kier alpha value is -3.90. The number of carbonyl (C=O) groups excluding carboxylic acids is 2. The molecule has 1 aromatic heterocycles. The number of benzene rings is 2. The molecule has 0 bridgehead atoms. The smallest absolute Gasteiger partial charge is 0.343 e. The van der Waals surface area contributed by atoms with Crippen molar-refractivity contribution in [2.75, 3.05) is 33.5 Å². The van der Waals surface area contributed by atoms with E-state index in [1.165, 1.54) is 23.0 Å². The van der Waals surface area contributed by atoms with Crippen LogP contribution in [-0.2, 0) is 19.1 Å². The quantitative estimate of drug-likeness (QED) is 0.285. The number of halogens is 1. The molecular formula is C30H31BrN2O8S. The molecule has 12 heteroatoms. The second-order valence-corrected chi connectivity index (χ2v) is 10.8. The second-order valence-electron chi connectivity index (χ2n) is 8.93. The molecule has 0 aliphatic carbocycles. The van der Waals surface area contributed by atoms with Crippen LogP contribution in [0.5, 0.6) is 17.2 Å². The Morgan fingerprint density at radius 1 is 1.00 bits per heavy atom. The van der Waals surface area contributed by atoms with Crippen molar-refractivity contribution in [3.8, 4) is 17.2 Å². The number of esters is 2. The number of ether oxygens (including phenoxy) is 5. The largest absolute Gasteiger partial charge is 0.493 e. The van der Waals surface area contributed by atoms with Crippen LogP contribution in [0.3, 0.4) is 0 Å². The average Bonchev–Trinajstić information content (AvgIpc) is 3.27. The van der Waals surface area contributed by atoms with Gasteiger partial charge >= 0.3 is 11.9 Å². The van der Waals surface area contributed by atoms with Gasteiger partial charge in [-0.3, -0.25) is 9.36 Å². The number of fused-ring (bicyclic) bond motifs is 1. The normalized spacial score (nSPS) is 14.6. The number of hydrogen-bond donors (Lipinski definition) is 0. The van der Waals surface area contributed by atoms with Crippen LogP contribution in [0.1, 0.15) is 44.9 Å². The number of thiazole rings is 1. The molecule has 0 fully saturated rings. The minimum atomic E-state index is -0.844. The van der Waals surface area contributed by atoms with Gasteiger partial charge in [-0.05, 0) is 85.1 Å². The molecule has 2 heterocycles. The summed E-state index contributed by atoms with van der Waals surface area (Å²) in [7, 11) is 1.27. The first kappa shape index (κ1) is 31.0. The summed E-state index contributed by atoms with van der Waals surface area (Å²) in [5, 5.41) is 0. The number of allylic oxidation sites excluding steroid dienone is 1. The summed E-state index contributed by atoms with van der Waals surface area (Å²) < 4.78 is 29.8. The molecule has 0 saturated carbocycles.